The Bertz CT molecular complexity index is 731. The van der Waals surface area contributed by atoms with Gasteiger partial charge in [0.1, 0.15) is 12.2 Å². The molecule has 0 aromatic carbocycles. The topological polar surface area (TPSA) is 112 Å². The smallest absolute Gasteiger partial charge is 0.386 e. The summed E-state index contributed by atoms with van der Waals surface area (Å²) in [4.78, 5) is 23.7. The lowest BCUT2D eigenvalue weighted by Crippen LogP contribution is -2.56. The number of aliphatic hydroxyl groups excluding tert-OH is 1. The Morgan fingerprint density at radius 2 is 2.07 bits per heavy atom. The Hall–Kier alpha value is -1.30. The first-order valence-corrected chi connectivity index (χ1v) is 9.42. The first-order valence-electron chi connectivity index (χ1n) is 7.96. The molecule has 3 aliphatic heterocycles. The number of hydrogen-bond donors (Lipinski definition) is 1. The number of phosphoric ester groups is 1. The van der Waals surface area contributed by atoms with Crippen LogP contribution in [0.1, 0.15) is 20.3 Å². The maximum absolute atomic E-state index is 13.8. The Kier molecular flexibility index (Phi) is 5.26. The van der Waals surface area contributed by atoms with Crippen LogP contribution in [-0.2, 0) is 32.5 Å². The Labute approximate surface area is 151 Å². The number of allylic oxidation sites excluding steroid dienone is 1. The maximum atomic E-state index is 13.8. The van der Waals surface area contributed by atoms with Crippen LogP contribution in [-0.4, -0.2) is 64.9 Å². The average Bonchev–Trinajstić information content (AvgIpc) is 2.84. The number of rotatable bonds is 4. The van der Waals surface area contributed by atoms with Crippen LogP contribution in [0.4, 0.5) is 13.2 Å². The summed E-state index contributed by atoms with van der Waals surface area (Å²) in [7, 11) is -4.28. The second kappa shape index (κ2) is 6.94. The van der Waals surface area contributed by atoms with Crippen molar-refractivity contribution in [3.05, 3.63) is 12.0 Å². The number of carbonyl (C=O) groups excluding carboxylic acids is 2. The van der Waals surface area contributed by atoms with Crippen molar-refractivity contribution in [2.75, 3.05) is 6.61 Å². The summed E-state index contributed by atoms with van der Waals surface area (Å²) in [6.45, 7) is 2.05. The molecule has 0 radical (unpaired) electrons. The molecule has 0 aromatic rings. The summed E-state index contributed by atoms with van der Waals surface area (Å²) >= 11 is 0. The summed E-state index contributed by atoms with van der Waals surface area (Å²) in [5.41, 5.74) is -2.57. The molecular formula is C14H17F3NO8P. The minimum atomic E-state index is -4.28. The number of nitrogens with zero attached hydrogens (tertiary/aromatic N) is 1. The van der Waals surface area contributed by atoms with Crippen molar-refractivity contribution >= 4 is 19.5 Å². The monoisotopic (exact) mass is 415 g/mol. The lowest BCUT2D eigenvalue weighted by Gasteiger charge is -2.39. The third-order valence-electron chi connectivity index (χ3n) is 4.22. The van der Waals surface area contributed by atoms with Crippen molar-refractivity contribution in [3.8, 4) is 0 Å². The highest BCUT2D eigenvalue weighted by atomic mass is 31.2. The fourth-order valence-corrected chi connectivity index (χ4v) is 4.61. The van der Waals surface area contributed by atoms with Crippen LogP contribution in [0.25, 0.3) is 0 Å². The van der Waals surface area contributed by atoms with Gasteiger partial charge in [0.25, 0.3) is 6.43 Å². The molecule has 27 heavy (non-hydrogen) atoms. The van der Waals surface area contributed by atoms with Crippen LogP contribution in [0, 0.1) is 0 Å². The van der Waals surface area contributed by atoms with Gasteiger partial charge in [0.05, 0.1) is 19.1 Å². The molecule has 5 atom stereocenters. The number of halogens is 3. The molecule has 0 saturated carbocycles. The van der Waals surface area contributed by atoms with Crippen LogP contribution in [0.3, 0.4) is 0 Å². The molecule has 3 rings (SSSR count). The average molecular weight is 415 g/mol. The third kappa shape index (κ3) is 3.45. The number of fused-ring (bicyclic) bond motifs is 1. The zero-order valence-electron chi connectivity index (χ0n) is 14.2. The van der Waals surface area contributed by atoms with E-state index in [1.807, 2.05) is 0 Å². The van der Waals surface area contributed by atoms with Crippen LogP contribution < -0.4 is 0 Å². The number of hydrogen-bond acceptors (Lipinski definition) is 8. The minimum absolute atomic E-state index is 0.462. The molecule has 3 heterocycles. The number of carbonyl (C=O) groups is 2. The molecule has 13 heteroatoms. The van der Waals surface area contributed by atoms with E-state index in [0.717, 1.165) is 0 Å². The van der Waals surface area contributed by atoms with Crippen molar-refractivity contribution in [1.82, 2.24) is 4.90 Å². The van der Waals surface area contributed by atoms with Crippen molar-refractivity contribution in [3.63, 3.8) is 0 Å². The van der Waals surface area contributed by atoms with E-state index in [4.69, 9.17) is 18.3 Å². The molecule has 1 N–H and O–H groups in total. The molecule has 2 saturated heterocycles. The number of phosphoric acid groups is 1. The lowest BCUT2D eigenvalue weighted by atomic mass is 9.96. The van der Waals surface area contributed by atoms with Gasteiger partial charge in [-0.25, -0.2) is 17.7 Å². The molecular weight excluding hydrogens is 398 g/mol. The van der Waals surface area contributed by atoms with Crippen molar-refractivity contribution in [2.45, 2.75) is 56.8 Å². The number of alkyl halides is 2. The Balaban J connectivity index is 1.93. The molecule has 0 aromatic heterocycles. The molecule has 0 aliphatic carbocycles. The van der Waals surface area contributed by atoms with Crippen molar-refractivity contribution in [2.24, 2.45) is 0 Å². The fourth-order valence-electron chi connectivity index (χ4n) is 2.99. The van der Waals surface area contributed by atoms with Gasteiger partial charge in [-0.1, -0.05) is 0 Å². The molecule has 1 unspecified atom stereocenters. The zero-order chi connectivity index (χ0) is 20.1. The van der Waals surface area contributed by atoms with E-state index in [1.165, 1.54) is 13.8 Å². The Morgan fingerprint density at radius 1 is 1.41 bits per heavy atom. The fraction of sp³-hybridized carbons (Fsp3) is 0.714. The summed E-state index contributed by atoms with van der Waals surface area (Å²) in [6.07, 6.45) is -9.93. The third-order valence-corrected chi connectivity index (χ3v) is 5.83. The van der Waals surface area contributed by atoms with E-state index in [1.54, 1.807) is 0 Å². The normalized spacial score (nSPS) is 39.9. The Morgan fingerprint density at radius 3 is 2.67 bits per heavy atom. The first kappa shape index (κ1) is 20.4. The molecule has 152 valence electrons. The van der Waals surface area contributed by atoms with Crippen molar-refractivity contribution < 1.29 is 50.7 Å². The van der Waals surface area contributed by atoms with Crippen molar-refractivity contribution in [1.29, 1.82) is 0 Å². The zero-order valence-corrected chi connectivity index (χ0v) is 15.1. The molecule has 3 aliphatic rings. The summed E-state index contributed by atoms with van der Waals surface area (Å²) in [6, 6.07) is 0. The van der Waals surface area contributed by atoms with E-state index in [-0.39, 0.29) is 0 Å². The van der Waals surface area contributed by atoms with Gasteiger partial charge in [-0.3, -0.25) is 28.1 Å². The summed E-state index contributed by atoms with van der Waals surface area (Å²) in [5, 5.41) is 10.4. The summed E-state index contributed by atoms with van der Waals surface area (Å²) in [5.74, 6) is -3.34. The van der Waals surface area contributed by atoms with Gasteiger partial charge < -0.3 is 9.84 Å². The largest absolute Gasteiger partial charge is 0.475 e. The highest BCUT2D eigenvalue weighted by molar-refractivity contribution is 7.48. The van der Waals surface area contributed by atoms with Gasteiger partial charge in [0.2, 0.25) is 11.7 Å². The highest BCUT2D eigenvalue weighted by Gasteiger charge is 2.68. The molecule has 2 fully saturated rings. The molecule has 1 amide bonds. The minimum Gasteiger partial charge on any atom is -0.386 e. The van der Waals surface area contributed by atoms with Crippen LogP contribution in [0.2, 0.25) is 0 Å². The number of ether oxygens (including phenoxy) is 1. The molecule has 0 bridgehead atoms. The van der Waals surface area contributed by atoms with Gasteiger partial charge in [-0.05, 0) is 13.8 Å². The maximum Gasteiger partial charge on any atom is 0.475 e. The van der Waals surface area contributed by atoms with E-state index < -0.39 is 74.9 Å². The lowest BCUT2D eigenvalue weighted by molar-refractivity contribution is -0.213. The number of amides is 1. The molecule has 9 nitrogen and oxygen atoms in total. The second-order valence-electron chi connectivity index (χ2n) is 6.53. The standard InChI is InChI=1S/C14H17F3NO8P/c1-6(2)25-27(22)23-5-14(13(16)17)11(26-27)10(21)12(24-14)18-4-7(15)8(19)3-9(18)20/h4,6,10-13,21H,3,5H2,1-2H3/t10-,11+,12-,14-,27?/m1/s1. The van der Waals surface area contributed by atoms with E-state index >= 15 is 0 Å². The number of Topliss-reactive ketones (excluding diaryl/α,β-unsaturated/α-hetero) is 1. The van der Waals surface area contributed by atoms with E-state index in [0.29, 0.717) is 11.1 Å². The number of aliphatic hydroxyl groups is 1. The van der Waals surface area contributed by atoms with Gasteiger partial charge >= 0.3 is 7.82 Å². The number of ketones is 1. The summed E-state index contributed by atoms with van der Waals surface area (Å²) < 4.78 is 73.6. The van der Waals surface area contributed by atoms with Gasteiger partial charge in [0.15, 0.2) is 17.7 Å². The van der Waals surface area contributed by atoms with E-state index in [2.05, 4.69) is 0 Å². The van der Waals surface area contributed by atoms with E-state index in [9.17, 15) is 32.4 Å². The predicted octanol–water partition coefficient (Wildman–Crippen LogP) is 1.27. The van der Waals surface area contributed by atoms with Gasteiger partial charge in [-0.15, -0.1) is 0 Å². The quantitative estimate of drug-likeness (QED) is 0.540. The van der Waals surface area contributed by atoms with Crippen LogP contribution >= 0.6 is 7.82 Å². The van der Waals surface area contributed by atoms with Crippen LogP contribution in [0.15, 0.2) is 12.0 Å². The van der Waals surface area contributed by atoms with Gasteiger partial charge in [0, 0.05) is 6.20 Å². The highest BCUT2D eigenvalue weighted by Crippen LogP contribution is 2.60. The van der Waals surface area contributed by atoms with Gasteiger partial charge in [-0.2, -0.15) is 0 Å². The second-order valence-corrected chi connectivity index (χ2v) is 8.11. The SMILES string of the molecule is CC(C)OP1(=O)OC[C@@]2(C(F)F)O[C@@H](N3C=C(F)C(=O)CC3=O)[C@H](O)[C@@H]2O1. The molecule has 0 spiro atoms. The first-order chi connectivity index (χ1) is 12.5. The predicted molar refractivity (Wildman–Crippen MR) is 79.9 cm³/mol. The van der Waals surface area contributed by atoms with Crippen LogP contribution in [0.5, 0.6) is 0 Å².